The number of carbonyl (C=O) groups is 1. The van der Waals surface area contributed by atoms with E-state index in [1.165, 1.54) is 0 Å². The lowest BCUT2D eigenvalue weighted by Crippen LogP contribution is -2.30. The molecule has 1 amide bonds. The van der Waals surface area contributed by atoms with E-state index >= 15 is 0 Å². The fourth-order valence-electron chi connectivity index (χ4n) is 1.62. The molecule has 3 heteroatoms. The minimum Gasteiger partial charge on any atom is -0.326 e. The molecule has 0 aliphatic carbocycles. The predicted octanol–water partition coefficient (Wildman–Crippen LogP) is 2.30. The van der Waals surface area contributed by atoms with Gasteiger partial charge >= 0.3 is 0 Å². The maximum absolute atomic E-state index is 11.8. The van der Waals surface area contributed by atoms with Gasteiger partial charge in [-0.25, -0.2) is 0 Å². The zero-order chi connectivity index (χ0) is 12.0. The Balaban J connectivity index is 2.87. The van der Waals surface area contributed by atoms with Gasteiger partial charge in [0.15, 0.2) is 0 Å². The molecule has 1 aromatic rings. The highest BCUT2D eigenvalue weighted by molar-refractivity contribution is 5.93. The van der Waals surface area contributed by atoms with Crippen molar-refractivity contribution in [2.45, 2.75) is 33.2 Å². The van der Waals surface area contributed by atoms with Crippen molar-refractivity contribution in [1.29, 1.82) is 0 Å². The summed E-state index contributed by atoms with van der Waals surface area (Å²) in [5, 5.41) is 0. The molecule has 3 nitrogen and oxygen atoms in total. The summed E-state index contributed by atoms with van der Waals surface area (Å²) in [6.45, 7) is 5.27. The number of hydrogen-bond acceptors (Lipinski definition) is 2. The summed E-state index contributed by atoms with van der Waals surface area (Å²) >= 11 is 0. The summed E-state index contributed by atoms with van der Waals surface area (Å²) in [5.41, 5.74) is 7.59. The number of hydrogen-bond donors (Lipinski definition) is 1. The third-order valence-electron chi connectivity index (χ3n) is 2.53. The van der Waals surface area contributed by atoms with Crippen LogP contribution < -0.4 is 10.6 Å². The number of nitrogens with two attached hydrogens (primary N) is 1. The smallest absolute Gasteiger partial charge is 0.226 e. The van der Waals surface area contributed by atoms with Gasteiger partial charge in [0.05, 0.1) is 0 Å². The van der Waals surface area contributed by atoms with Gasteiger partial charge in [-0.3, -0.25) is 4.79 Å². The van der Waals surface area contributed by atoms with Crippen LogP contribution in [0, 0.1) is 0 Å². The monoisotopic (exact) mass is 220 g/mol. The quantitative estimate of drug-likeness (QED) is 0.827. The normalized spacial score (nSPS) is 10.2. The average Bonchev–Trinajstić information content (AvgIpc) is 2.35. The van der Waals surface area contributed by atoms with Gasteiger partial charge in [-0.05, 0) is 24.1 Å². The van der Waals surface area contributed by atoms with E-state index < -0.39 is 0 Å². The molecule has 0 aliphatic heterocycles. The summed E-state index contributed by atoms with van der Waals surface area (Å²) in [5.74, 6) is 0.169. The zero-order valence-electron chi connectivity index (χ0n) is 10.1. The Kier molecular flexibility index (Phi) is 4.99. The summed E-state index contributed by atoms with van der Waals surface area (Å²) in [6.07, 6.45) is 1.50. The number of benzene rings is 1. The molecule has 2 N–H and O–H groups in total. The lowest BCUT2D eigenvalue weighted by atomic mass is 10.2. The topological polar surface area (TPSA) is 46.3 Å². The number of amides is 1. The van der Waals surface area contributed by atoms with E-state index in [1.807, 2.05) is 36.1 Å². The molecule has 0 atom stereocenters. The van der Waals surface area contributed by atoms with Crippen LogP contribution in [-0.4, -0.2) is 12.5 Å². The Hall–Kier alpha value is -1.35. The van der Waals surface area contributed by atoms with Gasteiger partial charge in [0.25, 0.3) is 0 Å². The first-order valence-electron chi connectivity index (χ1n) is 5.82. The van der Waals surface area contributed by atoms with Crippen molar-refractivity contribution >= 4 is 11.6 Å². The average molecular weight is 220 g/mol. The maximum atomic E-state index is 11.8. The van der Waals surface area contributed by atoms with Gasteiger partial charge in [0.1, 0.15) is 0 Å². The van der Waals surface area contributed by atoms with Crippen molar-refractivity contribution in [3.05, 3.63) is 29.8 Å². The first kappa shape index (κ1) is 12.7. The Labute approximate surface area is 97.2 Å². The zero-order valence-corrected chi connectivity index (χ0v) is 10.1. The highest BCUT2D eigenvalue weighted by Crippen LogP contribution is 2.16. The van der Waals surface area contributed by atoms with E-state index in [1.54, 1.807) is 0 Å². The molecule has 88 valence electrons. The van der Waals surface area contributed by atoms with Gasteiger partial charge in [-0.1, -0.05) is 26.0 Å². The second-order valence-electron chi connectivity index (χ2n) is 3.77. The highest BCUT2D eigenvalue weighted by atomic mass is 16.2. The van der Waals surface area contributed by atoms with Crippen LogP contribution in [0.1, 0.15) is 32.3 Å². The largest absolute Gasteiger partial charge is 0.326 e. The lowest BCUT2D eigenvalue weighted by Gasteiger charge is -2.21. The molecule has 0 spiro atoms. The summed E-state index contributed by atoms with van der Waals surface area (Å²) in [7, 11) is 0. The van der Waals surface area contributed by atoms with Gasteiger partial charge in [-0.2, -0.15) is 0 Å². The summed E-state index contributed by atoms with van der Waals surface area (Å²) in [4.78, 5) is 13.6. The molecule has 0 aromatic heterocycles. The molecule has 0 bridgehead atoms. The maximum Gasteiger partial charge on any atom is 0.226 e. The van der Waals surface area contributed by atoms with Crippen LogP contribution in [0.25, 0.3) is 0 Å². The molecule has 1 aromatic carbocycles. The van der Waals surface area contributed by atoms with Gasteiger partial charge in [0, 0.05) is 25.2 Å². The second-order valence-corrected chi connectivity index (χ2v) is 3.77. The van der Waals surface area contributed by atoms with Crippen LogP contribution in [0.5, 0.6) is 0 Å². The predicted molar refractivity (Wildman–Crippen MR) is 67.3 cm³/mol. The SMILES string of the molecule is CCCN(C(=O)CC)c1ccc(CN)cc1. The van der Waals surface area contributed by atoms with E-state index in [9.17, 15) is 4.79 Å². The van der Waals surface area contributed by atoms with Crippen molar-refractivity contribution in [2.75, 3.05) is 11.4 Å². The number of nitrogens with zero attached hydrogens (tertiary/aromatic N) is 1. The molecule has 0 aliphatic rings. The number of carbonyl (C=O) groups excluding carboxylic acids is 1. The number of rotatable bonds is 5. The van der Waals surface area contributed by atoms with E-state index in [4.69, 9.17) is 5.73 Å². The Morgan fingerprint density at radius 1 is 1.25 bits per heavy atom. The van der Waals surface area contributed by atoms with Crippen molar-refractivity contribution in [3.8, 4) is 0 Å². The molecule has 0 saturated carbocycles. The third kappa shape index (κ3) is 3.07. The molecule has 0 unspecified atom stereocenters. The minimum absolute atomic E-state index is 0.169. The van der Waals surface area contributed by atoms with Gasteiger partial charge < -0.3 is 10.6 Å². The Morgan fingerprint density at radius 2 is 1.88 bits per heavy atom. The van der Waals surface area contributed by atoms with E-state index in [-0.39, 0.29) is 5.91 Å². The Bertz CT molecular complexity index is 332. The molecular weight excluding hydrogens is 200 g/mol. The standard InChI is InChI=1S/C13H20N2O/c1-3-9-15(13(16)4-2)12-7-5-11(10-14)6-8-12/h5-8H,3-4,9-10,14H2,1-2H3. The van der Waals surface area contributed by atoms with Crippen molar-refractivity contribution < 1.29 is 4.79 Å². The third-order valence-corrected chi connectivity index (χ3v) is 2.53. The van der Waals surface area contributed by atoms with E-state index in [0.29, 0.717) is 13.0 Å². The fraction of sp³-hybridized carbons (Fsp3) is 0.462. The van der Waals surface area contributed by atoms with Crippen LogP contribution in [0.3, 0.4) is 0 Å². The van der Waals surface area contributed by atoms with Gasteiger partial charge in [-0.15, -0.1) is 0 Å². The first-order chi connectivity index (χ1) is 7.72. The molecule has 0 saturated heterocycles. The Morgan fingerprint density at radius 3 is 2.31 bits per heavy atom. The van der Waals surface area contributed by atoms with E-state index in [2.05, 4.69) is 6.92 Å². The van der Waals surface area contributed by atoms with Crippen LogP contribution in [0.2, 0.25) is 0 Å². The molecule has 16 heavy (non-hydrogen) atoms. The molecule has 0 radical (unpaired) electrons. The summed E-state index contributed by atoms with van der Waals surface area (Å²) in [6, 6.07) is 7.87. The van der Waals surface area contributed by atoms with Crippen LogP contribution >= 0.6 is 0 Å². The molecule has 1 rings (SSSR count). The van der Waals surface area contributed by atoms with Crippen molar-refractivity contribution in [1.82, 2.24) is 0 Å². The lowest BCUT2D eigenvalue weighted by molar-refractivity contribution is -0.118. The van der Waals surface area contributed by atoms with Crippen molar-refractivity contribution in [3.63, 3.8) is 0 Å². The second kappa shape index (κ2) is 6.28. The molecular formula is C13H20N2O. The molecule has 0 fully saturated rings. The summed E-state index contributed by atoms with van der Waals surface area (Å²) < 4.78 is 0. The van der Waals surface area contributed by atoms with Gasteiger partial charge in [0.2, 0.25) is 5.91 Å². The van der Waals surface area contributed by atoms with Crippen LogP contribution in [0.4, 0.5) is 5.69 Å². The number of anilines is 1. The van der Waals surface area contributed by atoms with Crippen LogP contribution in [-0.2, 0) is 11.3 Å². The minimum atomic E-state index is 0.169. The highest BCUT2D eigenvalue weighted by Gasteiger charge is 2.12. The first-order valence-corrected chi connectivity index (χ1v) is 5.82. The van der Waals surface area contributed by atoms with E-state index in [0.717, 1.165) is 24.2 Å². The fourth-order valence-corrected chi connectivity index (χ4v) is 1.62. The van der Waals surface area contributed by atoms with Crippen molar-refractivity contribution in [2.24, 2.45) is 5.73 Å². The molecule has 0 heterocycles. The van der Waals surface area contributed by atoms with Crippen LogP contribution in [0.15, 0.2) is 24.3 Å².